The number of para-hydroxylation sites is 1. The molecule has 0 aliphatic heterocycles. The molecule has 2 amide bonds. The van der Waals surface area contributed by atoms with Crippen molar-refractivity contribution >= 4 is 17.5 Å². The molecule has 0 aliphatic rings. The van der Waals surface area contributed by atoms with Crippen LogP contribution in [0.4, 0.5) is 5.69 Å². The van der Waals surface area contributed by atoms with Gasteiger partial charge in [-0.3, -0.25) is 9.59 Å². The van der Waals surface area contributed by atoms with Crippen molar-refractivity contribution in [1.82, 2.24) is 5.32 Å². The molecular weight excluding hydrogens is 264 g/mol. The Kier molecular flexibility index (Phi) is 5.10. The molecule has 0 radical (unpaired) electrons. The SMILES string of the molecule is CC(=O)N(CC(=O)NCc1ccccc1)c1ccccc1. The molecule has 0 saturated heterocycles. The van der Waals surface area contributed by atoms with Gasteiger partial charge in [-0.15, -0.1) is 0 Å². The zero-order valence-electron chi connectivity index (χ0n) is 12.0. The van der Waals surface area contributed by atoms with E-state index in [-0.39, 0.29) is 18.4 Å². The van der Waals surface area contributed by atoms with E-state index in [2.05, 4.69) is 5.32 Å². The van der Waals surface area contributed by atoms with Gasteiger partial charge in [0, 0.05) is 19.2 Å². The normalized spacial score (nSPS) is 9.95. The van der Waals surface area contributed by atoms with Crippen LogP contribution in [0.2, 0.25) is 0 Å². The quantitative estimate of drug-likeness (QED) is 0.915. The third kappa shape index (κ3) is 4.45. The first-order valence-electron chi connectivity index (χ1n) is 6.80. The van der Waals surface area contributed by atoms with Crippen LogP contribution >= 0.6 is 0 Å². The summed E-state index contributed by atoms with van der Waals surface area (Å²) in [6, 6.07) is 18.8. The van der Waals surface area contributed by atoms with Crippen molar-refractivity contribution in [1.29, 1.82) is 0 Å². The van der Waals surface area contributed by atoms with Gasteiger partial charge < -0.3 is 10.2 Å². The van der Waals surface area contributed by atoms with Crippen LogP contribution in [0, 0.1) is 0 Å². The predicted molar refractivity (Wildman–Crippen MR) is 82.8 cm³/mol. The minimum Gasteiger partial charge on any atom is -0.350 e. The maximum absolute atomic E-state index is 12.0. The Balaban J connectivity index is 1.95. The van der Waals surface area contributed by atoms with Crippen LogP contribution in [0.3, 0.4) is 0 Å². The number of carbonyl (C=O) groups excluding carboxylic acids is 2. The lowest BCUT2D eigenvalue weighted by molar-refractivity contribution is -0.123. The van der Waals surface area contributed by atoms with Crippen molar-refractivity contribution in [3.05, 3.63) is 66.2 Å². The van der Waals surface area contributed by atoms with E-state index in [0.717, 1.165) is 11.3 Å². The third-order valence-corrected chi connectivity index (χ3v) is 3.08. The van der Waals surface area contributed by atoms with Crippen molar-refractivity contribution in [3.63, 3.8) is 0 Å². The first-order chi connectivity index (χ1) is 10.2. The molecule has 0 unspecified atom stereocenters. The van der Waals surface area contributed by atoms with E-state index in [4.69, 9.17) is 0 Å². The molecule has 21 heavy (non-hydrogen) atoms. The Labute approximate surface area is 124 Å². The fourth-order valence-corrected chi connectivity index (χ4v) is 1.99. The number of amides is 2. The Morgan fingerprint density at radius 2 is 1.52 bits per heavy atom. The Morgan fingerprint density at radius 1 is 0.952 bits per heavy atom. The van der Waals surface area contributed by atoms with Crippen LogP contribution in [0.1, 0.15) is 12.5 Å². The van der Waals surface area contributed by atoms with Crippen molar-refractivity contribution in [3.8, 4) is 0 Å². The highest BCUT2D eigenvalue weighted by atomic mass is 16.2. The number of hydrogen-bond donors (Lipinski definition) is 1. The second-order valence-electron chi connectivity index (χ2n) is 4.70. The minimum absolute atomic E-state index is 0.0200. The standard InChI is InChI=1S/C17H18N2O2/c1-14(20)19(16-10-6-3-7-11-16)13-17(21)18-12-15-8-4-2-5-9-15/h2-11H,12-13H2,1H3,(H,18,21). The van der Waals surface area contributed by atoms with Crippen LogP contribution < -0.4 is 10.2 Å². The molecule has 2 aromatic carbocycles. The summed E-state index contributed by atoms with van der Waals surface area (Å²) in [4.78, 5) is 25.2. The first kappa shape index (κ1) is 14.8. The number of carbonyl (C=O) groups is 2. The monoisotopic (exact) mass is 282 g/mol. The number of nitrogens with zero attached hydrogens (tertiary/aromatic N) is 1. The third-order valence-electron chi connectivity index (χ3n) is 3.08. The average molecular weight is 282 g/mol. The maximum atomic E-state index is 12.0. The van der Waals surface area contributed by atoms with Crippen molar-refractivity contribution in [2.75, 3.05) is 11.4 Å². The number of anilines is 1. The molecule has 0 bridgehead atoms. The van der Waals surface area contributed by atoms with Gasteiger partial charge in [0.25, 0.3) is 0 Å². The smallest absolute Gasteiger partial charge is 0.240 e. The zero-order chi connectivity index (χ0) is 15.1. The lowest BCUT2D eigenvalue weighted by atomic mass is 10.2. The average Bonchev–Trinajstić information content (AvgIpc) is 2.52. The van der Waals surface area contributed by atoms with Crippen molar-refractivity contribution in [2.45, 2.75) is 13.5 Å². The summed E-state index contributed by atoms with van der Waals surface area (Å²) in [5, 5.41) is 2.82. The summed E-state index contributed by atoms with van der Waals surface area (Å²) in [6.07, 6.45) is 0. The summed E-state index contributed by atoms with van der Waals surface area (Å²) in [5.74, 6) is -0.339. The molecule has 0 atom stereocenters. The Morgan fingerprint density at radius 3 is 2.10 bits per heavy atom. The van der Waals surface area contributed by atoms with Crippen LogP contribution in [0.15, 0.2) is 60.7 Å². The molecule has 4 nitrogen and oxygen atoms in total. The predicted octanol–water partition coefficient (Wildman–Crippen LogP) is 2.36. The second-order valence-corrected chi connectivity index (χ2v) is 4.70. The zero-order valence-corrected chi connectivity index (χ0v) is 12.0. The van der Waals surface area contributed by atoms with Gasteiger partial charge >= 0.3 is 0 Å². The fourth-order valence-electron chi connectivity index (χ4n) is 1.99. The summed E-state index contributed by atoms with van der Waals surface area (Å²) < 4.78 is 0. The van der Waals surface area contributed by atoms with Crippen molar-refractivity contribution < 1.29 is 9.59 Å². The van der Waals surface area contributed by atoms with E-state index in [1.54, 1.807) is 0 Å². The van der Waals surface area contributed by atoms with E-state index in [1.165, 1.54) is 11.8 Å². The van der Waals surface area contributed by atoms with Gasteiger partial charge in [0.2, 0.25) is 11.8 Å². The Hall–Kier alpha value is -2.62. The van der Waals surface area contributed by atoms with E-state index < -0.39 is 0 Å². The molecule has 1 N–H and O–H groups in total. The van der Waals surface area contributed by atoms with Crippen LogP contribution in [0.25, 0.3) is 0 Å². The van der Waals surface area contributed by atoms with Gasteiger partial charge in [0.15, 0.2) is 0 Å². The number of nitrogens with one attached hydrogen (secondary N) is 1. The molecule has 0 heterocycles. The summed E-state index contributed by atoms with van der Waals surface area (Å²) in [7, 11) is 0. The van der Waals surface area contributed by atoms with Gasteiger partial charge in [-0.2, -0.15) is 0 Å². The van der Waals surface area contributed by atoms with Crippen LogP contribution in [-0.4, -0.2) is 18.4 Å². The van der Waals surface area contributed by atoms with Crippen LogP contribution in [0.5, 0.6) is 0 Å². The highest BCUT2D eigenvalue weighted by Gasteiger charge is 2.15. The van der Waals surface area contributed by atoms with E-state index in [9.17, 15) is 9.59 Å². The fraction of sp³-hybridized carbons (Fsp3) is 0.176. The van der Waals surface area contributed by atoms with Crippen LogP contribution in [-0.2, 0) is 16.1 Å². The topological polar surface area (TPSA) is 49.4 Å². The first-order valence-corrected chi connectivity index (χ1v) is 6.80. The number of benzene rings is 2. The number of rotatable bonds is 5. The van der Waals surface area contributed by atoms with E-state index >= 15 is 0 Å². The molecule has 0 fully saturated rings. The molecule has 0 spiro atoms. The van der Waals surface area contributed by atoms with E-state index in [1.807, 2.05) is 60.7 Å². The van der Waals surface area contributed by atoms with Crippen molar-refractivity contribution in [2.24, 2.45) is 0 Å². The van der Waals surface area contributed by atoms with Gasteiger partial charge in [-0.25, -0.2) is 0 Å². The lowest BCUT2D eigenvalue weighted by Gasteiger charge is -2.20. The highest BCUT2D eigenvalue weighted by Crippen LogP contribution is 2.12. The van der Waals surface area contributed by atoms with Gasteiger partial charge in [-0.1, -0.05) is 48.5 Å². The largest absolute Gasteiger partial charge is 0.350 e. The molecular formula is C17H18N2O2. The molecule has 2 aromatic rings. The minimum atomic E-state index is -0.182. The maximum Gasteiger partial charge on any atom is 0.240 e. The molecule has 0 saturated carbocycles. The second kappa shape index (κ2) is 7.24. The summed E-state index contributed by atoms with van der Waals surface area (Å²) >= 11 is 0. The molecule has 4 heteroatoms. The molecule has 2 rings (SSSR count). The van der Waals surface area contributed by atoms with Gasteiger partial charge in [-0.05, 0) is 17.7 Å². The summed E-state index contributed by atoms with van der Waals surface area (Å²) in [6.45, 7) is 1.93. The van der Waals surface area contributed by atoms with Gasteiger partial charge in [0.1, 0.15) is 6.54 Å². The van der Waals surface area contributed by atoms with Gasteiger partial charge in [0.05, 0.1) is 0 Å². The Bertz CT molecular complexity index is 597. The van der Waals surface area contributed by atoms with E-state index in [0.29, 0.717) is 6.54 Å². The molecule has 0 aromatic heterocycles. The summed E-state index contributed by atoms with van der Waals surface area (Å²) in [5.41, 5.74) is 1.75. The molecule has 108 valence electrons. The number of hydrogen-bond acceptors (Lipinski definition) is 2. The molecule has 0 aliphatic carbocycles. The highest BCUT2D eigenvalue weighted by molar-refractivity contribution is 5.97. The lowest BCUT2D eigenvalue weighted by Crippen LogP contribution is -2.39.